The Balaban J connectivity index is 2.30. The van der Waals surface area contributed by atoms with Gasteiger partial charge in [0, 0.05) is 0 Å². The van der Waals surface area contributed by atoms with Gasteiger partial charge in [-0.1, -0.05) is 6.92 Å². The first kappa shape index (κ1) is 7.07. The third kappa shape index (κ3) is 1.68. The van der Waals surface area contributed by atoms with Gasteiger partial charge in [0.15, 0.2) is 0 Å². The van der Waals surface area contributed by atoms with Crippen molar-refractivity contribution in [3.63, 3.8) is 0 Å². The van der Waals surface area contributed by atoms with Crippen molar-refractivity contribution in [2.75, 3.05) is 6.54 Å². The molecule has 9 heavy (non-hydrogen) atoms. The van der Waals surface area contributed by atoms with Crippen LogP contribution >= 0.6 is 0 Å². The molecule has 0 aromatic heterocycles. The van der Waals surface area contributed by atoms with Crippen LogP contribution in [0.5, 0.6) is 0 Å². The Bertz CT molecular complexity index is 80.6. The summed E-state index contributed by atoms with van der Waals surface area (Å²) in [6.45, 7) is 3.56. The summed E-state index contributed by atoms with van der Waals surface area (Å²) in [6, 6.07) is 0.860. The summed E-state index contributed by atoms with van der Waals surface area (Å²) < 4.78 is 0. The van der Waals surface area contributed by atoms with Gasteiger partial charge in [0.05, 0.1) is 12.6 Å². The maximum Gasteiger partial charge on any atom is 0.0632 e. The first-order valence-electron chi connectivity index (χ1n) is 4.02. The van der Waals surface area contributed by atoms with Gasteiger partial charge in [0.2, 0.25) is 0 Å². The molecule has 1 saturated heterocycles. The van der Waals surface area contributed by atoms with E-state index in [1.54, 1.807) is 0 Å². The lowest BCUT2D eigenvalue weighted by Crippen LogP contribution is -3.11. The van der Waals surface area contributed by atoms with Crippen molar-refractivity contribution in [1.82, 2.24) is 0 Å². The third-order valence-corrected chi connectivity index (χ3v) is 2.37. The van der Waals surface area contributed by atoms with Crippen LogP contribution in [0.1, 0.15) is 32.6 Å². The maximum atomic E-state index is 4.07. The van der Waals surface area contributed by atoms with E-state index in [1.165, 1.54) is 37.1 Å². The van der Waals surface area contributed by atoms with E-state index in [-0.39, 0.29) is 0 Å². The van der Waals surface area contributed by atoms with Gasteiger partial charge in [-0.25, -0.2) is 0 Å². The average Bonchev–Trinajstić information content (AvgIpc) is 1.89. The number of hydrogen-bond acceptors (Lipinski definition) is 0. The Labute approximate surface area is 58.0 Å². The highest BCUT2D eigenvalue weighted by Crippen LogP contribution is 2.04. The number of likely N-dealkylation sites (tertiary alicyclic amines) is 1. The smallest absolute Gasteiger partial charge is 0.0632 e. The highest BCUT2D eigenvalue weighted by molar-refractivity contribution is 4.58. The Kier molecular flexibility index (Phi) is 2.52. The lowest BCUT2D eigenvalue weighted by molar-refractivity contribution is -0.886. The summed E-state index contributed by atoms with van der Waals surface area (Å²) in [5, 5.41) is 0. The molecule has 0 aromatic carbocycles. The zero-order valence-corrected chi connectivity index (χ0v) is 6.32. The van der Waals surface area contributed by atoms with Crippen LogP contribution < -0.4 is 4.90 Å². The fourth-order valence-electron chi connectivity index (χ4n) is 1.64. The van der Waals surface area contributed by atoms with E-state index in [9.17, 15) is 0 Å². The standard InChI is InChI=1S/C8H17N/c1-3-8-6-4-5-7-9(8)2/h8-9H,2-7H2,1H3. The van der Waals surface area contributed by atoms with Crippen LogP contribution in [0, 0.1) is 7.05 Å². The second-order valence-electron chi connectivity index (χ2n) is 3.01. The predicted octanol–water partition coefficient (Wildman–Crippen LogP) is 0.625. The molecule has 1 nitrogen and oxygen atoms in total. The molecule has 2 atom stereocenters. The normalized spacial score (nSPS) is 36.7. The van der Waals surface area contributed by atoms with Crippen LogP contribution in [0.3, 0.4) is 0 Å². The van der Waals surface area contributed by atoms with Gasteiger partial charge in [-0.15, -0.1) is 0 Å². The van der Waals surface area contributed by atoms with Crippen LogP contribution in [0.15, 0.2) is 0 Å². The number of quaternary nitrogens is 1. The van der Waals surface area contributed by atoms with Crippen molar-refractivity contribution in [1.29, 1.82) is 0 Å². The molecule has 0 aromatic rings. The van der Waals surface area contributed by atoms with Gasteiger partial charge >= 0.3 is 0 Å². The zero-order valence-electron chi connectivity index (χ0n) is 6.32. The van der Waals surface area contributed by atoms with E-state index >= 15 is 0 Å². The number of hydrogen-bond donors (Lipinski definition) is 1. The van der Waals surface area contributed by atoms with E-state index in [0.717, 1.165) is 6.04 Å². The summed E-state index contributed by atoms with van der Waals surface area (Å²) in [6.07, 6.45) is 5.51. The predicted molar refractivity (Wildman–Crippen MR) is 39.1 cm³/mol. The van der Waals surface area contributed by atoms with E-state index < -0.39 is 0 Å². The van der Waals surface area contributed by atoms with E-state index in [2.05, 4.69) is 14.0 Å². The lowest BCUT2D eigenvalue weighted by Gasteiger charge is -2.34. The minimum atomic E-state index is 0.860. The molecule has 0 spiro atoms. The van der Waals surface area contributed by atoms with Gasteiger partial charge in [0.25, 0.3) is 0 Å². The fraction of sp³-hybridized carbons (Fsp3) is 0.875. The molecule has 0 amide bonds. The quantitative estimate of drug-likeness (QED) is 0.493. The highest BCUT2D eigenvalue weighted by atomic mass is 15.1. The van der Waals surface area contributed by atoms with Gasteiger partial charge in [0.1, 0.15) is 0 Å². The molecule has 1 aliphatic rings. The summed E-state index contributed by atoms with van der Waals surface area (Å²) in [7, 11) is 4.07. The van der Waals surface area contributed by atoms with Crippen molar-refractivity contribution in [3.8, 4) is 0 Å². The first-order valence-corrected chi connectivity index (χ1v) is 4.02. The van der Waals surface area contributed by atoms with Crippen molar-refractivity contribution in [2.45, 2.75) is 38.6 Å². The Morgan fingerprint density at radius 3 is 2.78 bits per heavy atom. The molecule has 0 saturated carbocycles. The molecule has 54 valence electrons. The number of piperidine rings is 1. The zero-order chi connectivity index (χ0) is 6.69. The van der Waals surface area contributed by atoms with Crippen LogP contribution in [-0.2, 0) is 0 Å². The molecule has 0 bridgehead atoms. The summed E-state index contributed by atoms with van der Waals surface area (Å²) in [5.74, 6) is 0. The molecule has 0 aliphatic carbocycles. The second kappa shape index (κ2) is 3.21. The number of rotatable bonds is 1. The molecular weight excluding hydrogens is 110 g/mol. The lowest BCUT2D eigenvalue weighted by atomic mass is 10.0. The van der Waals surface area contributed by atoms with Gasteiger partial charge in [-0.05, 0) is 25.7 Å². The minimum absolute atomic E-state index is 0.860. The molecule has 2 unspecified atom stereocenters. The maximum absolute atomic E-state index is 4.07. The van der Waals surface area contributed by atoms with Crippen LogP contribution in [0.2, 0.25) is 0 Å². The fourth-order valence-corrected chi connectivity index (χ4v) is 1.64. The van der Waals surface area contributed by atoms with Gasteiger partial charge < -0.3 is 4.90 Å². The minimum Gasteiger partial charge on any atom is -0.465 e. The summed E-state index contributed by atoms with van der Waals surface area (Å²) in [4.78, 5) is 1.50. The van der Waals surface area contributed by atoms with Crippen LogP contribution in [0.4, 0.5) is 0 Å². The third-order valence-electron chi connectivity index (χ3n) is 2.37. The molecule has 1 heterocycles. The first-order chi connectivity index (χ1) is 4.34. The van der Waals surface area contributed by atoms with Crippen molar-refractivity contribution < 1.29 is 4.90 Å². The molecule has 1 rings (SSSR count). The second-order valence-corrected chi connectivity index (χ2v) is 3.01. The van der Waals surface area contributed by atoms with Crippen molar-refractivity contribution in [3.05, 3.63) is 7.05 Å². The number of nitrogens with one attached hydrogen (secondary N) is 1. The van der Waals surface area contributed by atoms with E-state index in [0.29, 0.717) is 0 Å². The molecule has 1 N–H and O–H groups in total. The largest absolute Gasteiger partial charge is 0.465 e. The van der Waals surface area contributed by atoms with Crippen LogP contribution in [0.25, 0.3) is 0 Å². The van der Waals surface area contributed by atoms with E-state index in [4.69, 9.17) is 0 Å². The molecule has 1 aliphatic heterocycles. The van der Waals surface area contributed by atoms with Crippen molar-refractivity contribution in [2.24, 2.45) is 0 Å². The van der Waals surface area contributed by atoms with Gasteiger partial charge in [-0.3, -0.25) is 0 Å². The molecular formula is C8H17N. The molecule has 0 radical (unpaired) electrons. The van der Waals surface area contributed by atoms with Crippen LogP contribution in [-0.4, -0.2) is 12.6 Å². The molecule has 1 heteroatoms. The SMILES string of the molecule is [CH2-][NH+]1CCCCC1CC. The van der Waals surface area contributed by atoms with Gasteiger partial charge in [-0.2, -0.15) is 7.05 Å². The Morgan fingerprint density at radius 2 is 2.33 bits per heavy atom. The Hall–Kier alpha value is -0.0400. The summed E-state index contributed by atoms with van der Waals surface area (Å²) >= 11 is 0. The van der Waals surface area contributed by atoms with E-state index in [1.807, 2.05) is 0 Å². The highest BCUT2D eigenvalue weighted by Gasteiger charge is 2.15. The average molecular weight is 127 g/mol. The monoisotopic (exact) mass is 127 g/mol. The Morgan fingerprint density at radius 1 is 1.56 bits per heavy atom. The topological polar surface area (TPSA) is 4.44 Å². The summed E-state index contributed by atoms with van der Waals surface area (Å²) in [5.41, 5.74) is 0. The molecule has 1 fully saturated rings. The van der Waals surface area contributed by atoms with Crippen molar-refractivity contribution >= 4 is 0 Å².